The highest BCUT2D eigenvalue weighted by Crippen LogP contribution is 2.38. The summed E-state index contributed by atoms with van der Waals surface area (Å²) in [6.45, 7) is 7.76. The van der Waals surface area contributed by atoms with Crippen molar-refractivity contribution in [3.8, 4) is 23.5 Å². The molecular formula is C33H32F3N3O3. The maximum Gasteiger partial charge on any atom is 0.410 e. The molecule has 1 unspecified atom stereocenters. The number of piperazine rings is 1. The summed E-state index contributed by atoms with van der Waals surface area (Å²) in [5, 5.41) is 0. The molecule has 0 radical (unpaired) electrons. The first kappa shape index (κ1) is 29.1. The maximum absolute atomic E-state index is 15.3. The highest BCUT2D eigenvalue weighted by atomic mass is 19.1. The number of terminal acetylenes is 1. The minimum absolute atomic E-state index is 0.0442. The molecule has 2 heterocycles. The van der Waals surface area contributed by atoms with Crippen LogP contribution in [0.5, 0.6) is 0 Å². The van der Waals surface area contributed by atoms with E-state index in [-0.39, 0.29) is 35.7 Å². The summed E-state index contributed by atoms with van der Waals surface area (Å²) in [5.74, 6) is 0.0441. The average molecular weight is 576 g/mol. The lowest BCUT2D eigenvalue weighted by Gasteiger charge is -2.36. The molecule has 0 aromatic heterocycles. The predicted molar refractivity (Wildman–Crippen MR) is 154 cm³/mol. The van der Waals surface area contributed by atoms with Gasteiger partial charge in [-0.25, -0.2) is 18.0 Å². The first-order valence-electron chi connectivity index (χ1n) is 13.8. The van der Waals surface area contributed by atoms with Crippen LogP contribution in [0.2, 0.25) is 0 Å². The molecule has 2 aliphatic heterocycles. The van der Waals surface area contributed by atoms with Gasteiger partial charge in [-0.15, -0.1) is 12.3 Å². The lowest BCUT2D eigenvalue weighted by Crippen LogP contribution is -2.50. The Morgan fingerprint density at radius 3 is 2.29 bits per heavy atom. The Kier molecular flexibility index (Phi) is 7.91. The van der Waals surface area contributed by atoms with Gasteiger partial charge in [0.25, 0.3) is 5.91 Å². The van der Waals surface area contributed by atoms with E-state index in [0.717, 1.165) is 29.4 Å². The fraction of sp³-hybridized carbons (Fsp3) is 0.333. The third-order valence-electron chi connectivity index (χ3n) is 7.52. The molecule has 2 amide bonds. The van der Waals surface area contributed by atoms with Crippen LogP contribution < -0.4 is 4.90 Å². The number of amides is 2. The largest absolute Gasteiger partial charge is 0.444 e. The van der Waals surface area contributed by atoms with Crippen LogP contribution in [-0.4, -0.2) is 53.6 Å². The molecule has 42 heavy (non-hydrogen) atoms. The van der Waals surface area contributed by atoms with Crippen LogP contribution in [0.15, 0.2) is 54.6 Å². The van der Waals surface area contributed by atoms with Crippen molar-refractivity contribution in [1.29, 1.82) is 0 Å². The number of ether oxygens (including phenoxy) is 1. The third-order valence-corrected chi connectivity index (χ3v) is 7.52. The van der Waals surface area contributed by atoms with E-state index in [4.69, 9.17) is 11.2 Å². The number of fused-ring (bicyclic) bond motifs is 1. The summed E-state index contributed by atoms with van der Waals surface area (Å²) in [7, 11) is 0. The molecule has 1 fully saturated rings. The van der Waals surface area contributed by atoms with Gasteiger partial charge in [0, 0.05) is 55.0 Å². The van der Waals surface area contributed by atoms with Crippen molar-refractivity contribution in [2.24, 2.45) is 0 Å². The van der Waals surface area contributed by atoms with Gasteiger partial charge in [0.15, 0.2) is 0 Å². The van der Waals surface area contributed by atoms with Crippen LogP contribution in [-0.2, 0) is 11.3 Å². The molecule has 3 aromatic rings. The molecule has 9 heteroatoms. The Morgan fingerprint density at radius 1 is 0.952 bits per heavy atom. The Bertz CT molecular complexity index is 1550. The first-order valence-corrected chi connectivity index (χ1v) is 13.8. The molecule has 0 aliphatic carbocycles. The zero-order valence-corrected chi connectivity index (χ0v) is 23.8. The van der Waals surface area contributed by atoms with Gasteiger partial charge in [0.2, 0.25) is 0 Å². The number of hydrogen-bond acceptors (Lipinski definition) is 4. The second-order valence-electron chi connectivity index (χ2n) is 11.5. The Balaban J connectivity index is 1.32. The van der Waals surface area contributed by atoms with Gasteiger partial charge in [-0.1, -0.05) is 12.1 Å². The predicted octanol–water partition coefficient (Wildman–Crippen LogP) is 6.55. The maximum atomic E-state index is 15.3. The molecular weight excluding hydrogens is 543 g/mol. The van der Waals surface area contributed by atoms with E-state index in [1.807, 2.05) is 45.0 Å². The number of anilines is 1. The molecule has 0 spiro atoms. The quantitative estimate of drug-likeness (QED) is 0.324. The Hall–Kier alpha value is -4.45. The lowest BCUT2D eigenvalue weighted by atomic mass is 9.99. The molecule has 5 rings (SSSR count). The molecule has 2 aliphatic rings. The summed E-state index contributed by atoms with van der Waals surface area (Å²) < 4.78 is 49.4. The normalized spacial score (nSPS) is 15.8. The second kappa shape index (κ2) is 11.4. The summed E-state index contributed by atoms with van der Waals surface area (Å²) in [6, 6.07) is 12.6. The van der Waals surface area contributed by atoms with Gasteiger partial charge < -0.3 is 19.4 Å². The molecule has 218 valence electrons. The van der Waals surface area contributed by atoms with E-state index in [0.29, 0.717) is 31.7 Å². The van der Waals surface area contributed by atoms with Gasteiger partial charge in [0.05, 0.1) is 12.6 Å². The summed E-state index contributed by atoms with van der Waals surface area (Å²) in [5.41, 5.74) is 1.97. The van der Waals surface area contributed by atoms with Gasteiger partial charge in [0.1, 0.15) is 23.1 Å². The SMILES string of the molecule is C#CCC(c1cc(F)ccc1F)N1Cc2c(F)cc(-c3ccc(N4CCN(C(=O)OC(C)(C)C)CC4)cc3)cc2C1=O. The summed E-state index contributed by atoms with van der Waals surface area (Å²) in [4.78, 5) is 31.0. The number of benzene rings is 3. The smallest absolute Gasteiger partial charge is 0.410 e. The number of nitrogens with zero attached hydrogens (tertiary/aromatic N) is 3. The van der Waals surface area contributed by atoms with E-state index in [2.05, 4.69) is 10.8 Å². The van der Waals surface area contributed by atoms with Crippen LogP contribution in [0.4, 0.5) is 23.7 Å². The molecule has 1 saturated heterocycles. The van der Waals surface area contributed by atoms with Crippen molar-refractivity contribution in [3.05, 3.63) is 88.7 Å². The lowest BCUT2D eigenvalue weighted by molar-refractivity contribution is 0.0240. The summed E-state index contributed by atoms with van der Waals surface area (Å²) >= 11 is 0. The molecule has 0 bridgehead atoms. The zero-order valence-electron chi connectivity index (χ0n) is 23.8. The van der Waals surface area contributed by atoms with Gasteiger partial charge in [-0.3, -0.25) is 4.79 Å². The first-order chi connectivity index (χ1) is 19.9. The highest BCUT2D eigenvalue weighted by molar-refractivity contribution is 6.00. The third kappa shape index (κ3) is 5.94. The van der Waals surface area contributed by atoms with E-state index in [9.17, 15) is 18.4 Å². The minimum Gasteiger partial charge on any atom is -0.444 e. The Morgan fingerprint density at radius 2 is 1.64 bits per heavy atom. The monoisotopic (exact) mass is 575 g/mol. The average Bonchev–Trinajstić information content (AvgIpc) is 3.29. The van der Waals surface area contributed by atoms with Crippen molar-refractivity contribution in [3.63, 3.8) is 0 Å². The fourth-order valence-corrected chi connectivity index (χ4v) is 5.41. The number of hydrogen-bond donors (Lipinski definition) is 0. The van der Waals surface area contributed by atoms with Crippen molar-refractivity contribution in [1.82, 2.24) is 9.80 Å². The molecule has 1 atom stereocenters. The van der Waals surface area contributed by atoms with Crippen molar-refractivity contribution >= 4 is 17.7 Å². The highest BCUT2D eigenvalue weighted by Gasteiger charge is 2.36. The van der Waals surface area contributed by atoms with Crippen LogP contribution in [0.25, 0.3) is 11.1 Å². The topological polar surface area (TPSA) is 53.1 Å². The molecule has 0 N–H and O–H groups in total. The van der Waals surface area contributed by atoms with Gasteiger partial charge in [-0.2, -0.15) is 0 Å². The zero-order chi connectivity index (χ0) is 30.2. The van der Waals surface area contributed by atoms with Gasteiger partial charge in [-0.05, 0) is 74.4 Å². The number of carbonyl (C=O) groups excluding carboxylic acids is 2. The van der Waals surface area contributed by atoms with Crippen LogP contribution in [0.3, 0.4) is 0 Å². The second-order valence-corrected chi connectivity index (χ2v) is 11.5. The standard InChI is InChI=1S/C33H32F3N3O3/c1-5-6-30(26-19-23(34)9-12-28(26)35)39-20-27-25(31(39)40)17-22(18-29(27)36)21-7-10-24(11-8-21)37-13-15-38(16-14-37)32(41)42-33(2,3)4/h1,7-12,17-19,30H,6,13-16,20H2,2-4H3. The molecule has 3 aromatic carbocycles. The number of halogens is 3. The van der Waals surface area contributed by atoms with E-state index >= 15 is 4.39 Å². The van der Waals surface area contributed by atoms with E-state index < -0.39 is 35.0 Å². The minimum atomic E-state index is -0.941. The molecule has 0 saturated carbocycles. The van der Waals surface area contributed by atoms with Crippen molar-refractivity contribution < 1.29 is 27.5 Å². The van der Waals surface area contributed by atoms with Crippen LogP contribution in [0, 0.1) is 29.8 Å². The van der Waals surface area contributed by atoms with E-state index in [1.54, 1.807) is 11.0 Å². The molecule has 6 nitrogen and oxygen atoms in total. The summed E-state index contributed by atoms with van der Waals surface area (Å²) in [6.07, 6.45) is 5.13. The van der Waals surface area contributed by atoms with Crippen molar-refractivity contribution in [2.45, 2.75) is 45.4 Å². The van der Waals surface area contributed by atoms with Gasteiger partial charge >= 0.3 is 6.09 Å². The fourth-order valence-electron chi connectivity index (χ4n) is 5.41. The Labute approximate surface area is 243 Å². The van der Waals surface area contributed by atoms with Crippen LogP contribution >= 0.6 is 0 Å². The van der Waals surface area contributed by atoms with E-state index in [1.165, 1.54) is 11.0 Å². The van der Waals surface area contributed by atoms with Crippen molar-refractivity contribution in [2.75, 3.05) is 31.1 Å². The number of rotatable bonds is 5. The van der Waals surface area contributed by atoms with Crippen LogP contribution in [0.1, 0.15) is 54.7 Å². The number of carbonyl (C=O) groups is 2.